The van der Waals surface area contributed by atoms with Gasteiger partial charge < -0.3 is 5.43 Å². The van der Waals surface area contributed by atoms with Crippen LogP contribution in [0.2, 0.25) is 5.02 Å². The van der Waals surface area contributed by atoms with Gasteiger partial charge in [0.1, 0.15) is 21.7 Å². The fourth-order valence-electron chi connectivity index (χ4n) is 1.64. The van der Waals surface area contributed by atoms with Crippen molar-refractivity contribution in [2.24, 2.45) is 5.84 Å². The standard InChI is InChI=1S/C13H16ClN5S/c1-3-4-10-17-12(19-15)8(2)13(18-10)20-11-6-5-9(14)7-16-11/h5-7H,3-4,15H2,1-2H3,(H,17,18,19). The molecule has 0 aliphatic carbocycles. The molecule has 2 aromatic heterocycles. The van der Waals surface area contributed by atoms with Crippen molar-refractivity contribution >= 4 is 29.2 Å². The van der Waals surface area contributed by atoms with Gasteiger partial charge in [-0.25, -0.2) is 20.8 Å². The number of nitrogens with zero attached hydrogens (tertiary/aromatic N) is 3. The second-order valence-corrected chi connectivity index (χ2v) is 5.68. The predicted octanol–water partition coefficient (Wildman–Crippen LogP) is 3.22. The van der Waals surface area contributed by atoms with E-state index in [1.165, 1.54) is 11.8 Å². The van der Waals surface area contributed by atoms with E-state index in [9.17, 15) is 0 Å². The van der Waals surface area contributed by atoms with Gasteiger partial charge in [0.05, 0.1) is 5.02 Å². The summed E-state index contributed by atoms with van der Waals surface area (Å²) in [6, 6.07) is 3.67. The van der Waals surface area contributed by atoms with Crippen molar-refractivity contribution < 1.29 is 0 Å². The van der Waals surface area contributed by atoms with E-state index < -0.39 is 0 Å². The van der Waals surface area contributed by atoms with E-state index in [1.807, 2.05) is 19.1 Å². The van der Waals surface area contributed by atoms with Gasteiger partial charge in [-0.3, -0.25) is 0 Å². The molecule has 20 heavy (non-hydrogen) atoms. The summed E-state index contributed by atoms with van der Waals surface area (Å²) in [7, 11) is 0. The summed E-state index contributed by atoms with van der Waals surface area (Å²) in [5.41, 5.74) is 3.53. The normalized spacial score (nSPS) is 10.6. The van der Waals surface area contributed by atoms with Gasteiger partial charge in [-0.2, -0.15) is 0 Å². The Labute approximate surface area is 127 Å². The molecule has 0 saturated carbocycles. The zero-order valence-corrected chi connectivity index (χ0v) is 12.9. The highest BCUT2D eigenvalue weighted by Crippen LogP contribution is 2.30. The number of hydrazine groups is 1. The van der Waals surface area contributed by atoms with Gasteiger partial charge in [0.25, 0.3) is 0 Å². The minimum absolute atomic E-state index is 0.616. The monoisotopic (exact) mass is 309 g/mol. The number of hydrogen-bond acceptors (Lipinski definition) is 6. The minimum atomic E-state index is 0.616. The van der Waals surface area contributed by atoms with E-state index >= 15 is 0 Å². The molecule has 0 aromatic carbocycles. The Morgan fingerprint density at radius 3 is 2.75 bits per heavy atom. The second-order valence-electron chi connectivity index (χ2n) is 4.23. The van der Waals surface area contributed by atoms with Gasteiger partial charge in [0, 0.05) is 18.2 Å². The molecule has 3 N–H and O–H groups in total. The number of halogens is 1. The fourth-order valence-corrected chi connectivity index (χ4v) is 2.59. The molecule has 0 atom stereocenters. The summed E-state index contributed by atoms with van der Waals surface area (Å²) in [5, 5.41) is 2.30. The Morgan fingerprint density at radius 1 is 1.35 bits per heavy atom. The fraction of sp³-hybridized carbons (Fsp3) is 0.308. The van der Waals surface area contributed by atoms with E-state index in [-0.39, 0.29) is 0 Å². The SMILES string of the molecule is CCCc1nc(NN)c(C)c(Sc2ccc(Cl)cn2)n1. The molecule has 2 heterocycles. The highest BCUT2D eigenvalue weighted by atomic mass is 35.5. The maximum absolute atomic E-state index is 5.84. The van der Waals surface area contributed by atoms with Crippen molar-refractivity contribution in [3.63, 3.8) is 0 Å². The van der Waals surface area contributed by atoms with E-state index in [1.54, 1.807) is 6.20 Å². The quantitative estimate of drug-likeness (QED) is 0.502. The summed E-state index contributed by atoms with van der Waals surface area (Å²) < 4.78 is 0. The lowest BCUT2D eigenvalue weighted by Crippen LogP contribution is -2.13. The van der Waals surface area contributed by atoms with Crippen LogP contribution in [0.1, 0.15) is 24.7 Å². The maximum atomic E-state index is 5.84. The Hall–Kier alpha value is -1.37. The van der Waals surface area contributed by atoms with Crippen LogP contribution in [0.15, 0.2) is 28.4 Å². The Morgan fingerprint density at radius 2 is 2.15 bits per heavy atom. The average molecular weight is 310 g/mol. The third kappa shape index (κ3) is 3.59. The smallest absolute Gasteiger partial charge is 0.147 e. The van der Waals surface area contributed by atoms with E-state index in [2.05, 4.69) is 27.3 Å². The first-order valence-electron chi connectivity index (χ1n) is 6.27. The molecule has 7 heteroatoms. The zero-order valence-electron chi connectivity index (χ0n) is 11.4. The molecule has 0 unspecified atom stereocenters. The van der Waals surface area contributed by atoms with Crippen LogP contribution in [0.3, 0.4) is 0 Å². The molecule has 0 aliphatic rings. The number of anilines is 1. The lowest BCUT2D eigenvalue weighted by atomic mass is 10.3. The van der Waals surface area contributed by atoms with Crippen molar-refractivity contribution in [1.82, 2.24) is 15.0 Å². The van der Waals surface area contributed by atoms with Crippen LogP contribution in [0.4, 0.5) is 5.82 Å². The maximum Gasteiger partial charge on any atom is 0.147 e. The number of nitrogens with one attached hydrogen (secondary N) is 1. The number of aromatic nitrogens is 3. The average Bonchev–Trinajstić information content (AvgIpc) is 2.45. The highest BCUT2D eigenvalue weighted by molar-refractivity contribution is 7.99. The predicted molar refractivity (Wildman–Crippen MR) is 81.9 cm³/mol. The molecular weight excluding hydrogens is 294 g/mol. The van der Waals surface area contributed by atoms with E-state index in [4.69, 9.17) is 17.4 Å². The summed E-state index contributed by atoms with van der Waals surface area (Å²) in [4.78, 5) is 13.2. The van der Waals surface area contributed by atoms with Crippen LogP contribution in [-0.2, 0) is 6.42 Å². The molecule has 2 aromatic rings. The zero-order chi connectivity index (χ0) is 14.5. The van der Waals surface area contributed by atoms with Crippen molar-refractivity contribution in [1.29, 1.82) is 0 Å². The van der Waals surface area contributed by atoms with E-state index in [0.717, 1.165) is 34.3 Å². The lowest BCUT2D eigenvalue weighted by molar-refractivity contribution is 0.802. The van der Waals surface area contributed by atoms with Crippen molar-refractivity contribution in [2.45, 2.75) is 36.7 Å². The summed E-state index contributed by atoms with van der Waals surface area (Å²) in [6.07, 6.45) is 3.42. The second kappa shape index (κ2) is 6.88. The summed E-state index contributed by atoms with van der Waals surface area (Å²) in [6.45, 7) is 4.02. The molecule has 5 nitrogen and oxygen atoms in total. The Balaban J connectivity index is 2.33. The topological polar surface area (TPSA) is 76.7 Å². The number of hydrogen-bond donors (Lipinski definition) is 2. The third-order valence-electron chi connectivity index (χ3n) is 2.66. The first-order chi connectivity index (χ1) is 9.63. The molecule has 2 rings (SSSR count). The van der Waals surface area contributed by atoms with Gasteiger partial charge in [-0.05, 0) is 37.2 Å². The minimum Gasteiger partial charge on any atom is -0.308 e. The first-order valence-corrected chi connectivity index (χ1v) is 7.47. The summed E-state index contributed by atoms with van der Waals surface area (Å²) >= 11 is 7.31. The molecule has 0 aliphatic heterocycles. The molecule has 0 bridgehead atoms. The molecule has 0 fully saturated rings. The largest absolute Gasteiger partial charge is 0.308 e. The van der Waals surface area contributed by atoms with Crippen molar-refractivity contribution in [3.8, 4) is 0 Å². The number of aryl methyl sites for hydroxylation is 1. The Kier molecular flexibility index (Phi) is 5.17. The van der Waals surface area contributed by atoms with Gasteiger partial charge in [0.15, 0.2) is 0 Å². The van der Waals surface area contributed by atoms with Gasteiger partial charge in [-0.1, -0.05) is 18.5 Å². The molecule has 106 valence electrons. The molecule has 0 amide bonds. The Bertz CT molecular complexity index is 588. The van der Waals surface area contributed by atoms with Crippen LogP contribution < -0.4 is 11.3 Å². The number of pyridine rings is 1. The van der Waals surface area contributed by atoms with Crippen LogP contribution in [0, 0.1) is 6.92 Å². The molecule has 0 saturated heterocycles. The number of rotatable bonds is 5. The molecular formula is C13H16ClN5S. The third-order valence-corrected chi connectivity index (χ3v) is 3.92. The first kappa shape index (κ1) is 15.0. The van der Waals surface area contributed by atoms with Crippen LogP contribution in [0.25, 0.3) is 0 Å². The van der Waals surface area contributed by atoms with Crippen molar-refractivity contribution in [2.75, 3.05) is 5.43 Å². The lowest BCUT2D eigenvalue weighted by Gasteiger charge is -2.11. The van der Waals surface area contributed by atoms with Crippen LogP contribution in [-0.4, -0.2) is 15.0 Å². The molecule has 0 radical (unpaired) electrons. The highest BCUT2D eigenvalue weighted by Gasteiger charge is 2.12. The van der Waals surface area contributed by atoms with Crippen LogP contribution >= 0.6 is 23.4 Å². The van der Waals surface area contributed by atoms with E-state index in [0.29, 0.717) is 10.8 Å². The summed E-state index contributed by atoms with van der Waals surface area (Å²) in [5.74, 6) is 6.95. The van der Waals surface area contributed by atoms with Gasteiger partial charge in [0.2, 0.25) is 0 Å². The van der Waals surface area contributed by atoms with Crippen LogP contribution in [0.5, 0.6) is 0 Å². The number of nitrogens with two attached hydrogens (primary N) is 1. The van der Waals surface area contributed by atoms with Gasteiger partial charge >= 0.3 is 0 Å². The van der Waals surface area contributed by atoms with Gasteiger partial charge in [-0.15, -0.1) is 0 Å². The van der Waals surface area contributed by atoms with Crippen molar-refractivity contribution in [3.05, 3.63) is 34.7 Å². The molecule has 0 spiro atoms. The number of nitrogen functional groups attached to an aromatic ring is 1.